The zero-order chi connectivity index (χ0) is 11.3. The molecule has 0 heterocycles. The predicted octanol–water partition coefficient (Wildman–Crippen LogP) is 3.48. The van der Waals surface area contributed by atoms with E-state index in [0.29, 0.717) is 12.3 Å². The molecule has 0 spiro atoms. The van der Waals surface area contributed by atoms with Crippen molar-refractivity contribution in [2.24, 2.45) is 5.92 Å². The van der Waals surface area contributed by atoms with Gasteiger partial charge in [0.2, 0.25) is 0 Å². The van der Waals surface area contributed by atoms with Gasteiger partial charge in [-0.15, -0.1) is 0 Å². The molecule has 0 saturated heterocycles. The molecule has 1 rings (SSSR count). The van der Waals surface area contributed by atoms with Crippen LogP contribution in [-0.2, 0) is 4.74 Å². The number of hydrogen-bond donors (Lipinski definition) is 1. The molecule has 1 fully saturated rings. The zero-order valence-corrected chi connectivity index (χ0v) is 10.5. The summed E-state index contributed by atoms with van der Waals surface area (Å²) < 4.78 is 5.93. The van der Waals surface area contributed by atoms with Crippen LogP contribution in [0.5, 0.6) is 0 Å². The Kier molecular flexibility index (Phi) is 5.07. The van der Waals surface area contributed by atoms with Crippen molar-refractivity contribution in [1.82, 2.24) is 0 Å². The van der Waals surface area contributed by atoms with Crippen molar-refractivity contribution in [1.29, 1.82) is 0 Å². The minimum Gasteiger partial charge on any atom is -0.368 e. The molecule has 2 nitrogen and oxygen atoms in total. The summed E-state index contributed by atoms with van der Waals surface area (Å²) in [6.45, 7) is 6.34. The van der Waals surface area contributed by atoms with Gasteiger partial charge in [-0.25, -0.2) is 0 Å². The van der Waals surface area contributed by atoms with Crippen molar-refractivity contribution in [2.75, 3.05) is 0 Å². The highest BCUT2D eigenvalue weighted by Crippen LogP contribution is 2.41. The standard InChI is InChI=1S/C13H26O2/c1-4-12(14)15-13(5-2,6-3)11-9-7-8-10-11/h11-12,14H,4-10H2,1-3H3. The number of rotatable bonds is 6. The maximum Gasteiger partial charge on any atom is 0.155 e. The van der Waals surface area contributed by atoms with E-state index in [2.05, 4.69) is 13.8 Å². The van der Waals surface area contributed by atoms with E-state index in [1.807, 2.05) is 6.92 Å². The Morgan fingerprint density at radius 1 is 1.20 bits per heavy atom. The second-order valence-electron chi connectivity index (χ2n) is 4.73. The molecular formula is C13H26O2. The second kappa shape index (κ2) is 5.86. The lowest BCUT2D eigenvalue weighted by Gasteiger charge is -2.39. The molecule has 0 aromatic rings. The quantitative estimate of drug-likeness (QED) is 0.686. The second-order valence-corrected chi connectivity index (χ2v) is 4.73. The van der Waals surface area contributed by atoms with E-state index in [1.54, 1.807) is 0 Å². The van der Waals surface area contributed by atoms with Gasteiger partial charge in [-0.3, -0.25) is 0 Å². The summed E-state index contributed by atoms with van der Waals surface area (Å²) in [7, 11) is 0. The van der Waals surface area contributed by atoms with Crippen LogP contribution in [0.3, 0.4) is 0 Å². The molecule has 15 heavy (non-hydrogen) atoms. The molecule has 0 aromatic carbocycles. The first kappa shape index (κ1) is 13.0. The number of aliphatic hydroxyl groups excluding tert-OH is 1. The van der Waals surface area contributed by atoms with Crippen molar-refractivity contribution < 1.29 is 9.84 Å². The van der Waals surface area contributed by atoms with Crippen LogP contribution < -0.4 is 0 Å². The summed E-state index contributed by atoms with van der Waals surface area (Å²) in [6, 6.07) is 0. The SMILES string of the molecule is CCC(O)OC(CC)(CC)C1CCCC1. The molecule has 0 aromatic heterocycles. The normalized spacial score (nSPS) is 20.8. The van der Waals surface area contributed by atoms with Gasteiger partial charge in [-0.1, -0.05) is 33.6 Å². The lowest BCUT2D eigenvalue weighted by atomic mass is 9.81. The molecule has 1 saturated carbocycles. The van der Waals surface area contributed by atoms with Gasteiger partial charge >= 0.3 is 0 Å². The molecule has 0 aliphatic heterocycles. The van der Waals surface area contributed by atoms with E-state index >= 15 is 0 Å². The molecule has 1 N–H and O–H groups in total. The third-order valence-corrected chi connectivity index (χ3v) is 4.02. The van der Waals surface area contributed by atoms with Gasteiger partial charge in [0.15, 0.2) is 6.29 Å². The Bertz CT molecular complexity index is 169. The van der Waals surface area contributed by atoms with E-state index in [0.717, 1.165) is 12.8 Å². The average molecular weight is 214 g/mol. The Hall–Kier alpha value is -0.0800. The van der Waals surface area contributed by atoms with E-state index < -0.39 is 6.29 Å². The molecule has 1 atom stereocenters. The fourth-order valence-electron chi connectivity index (χ4n) is 2.90. The first-order chi connectivity index (χ1) is 7.18. The van der Waals surface area contributed by atoms with Crippen LogP contribution in [0.25, 0.3) is 0 Å². The Morgan fingerprint density at radius 3 is 2.13 bits per heavy atom. The topological polar surface area (TPSA) is 29.5 Å². The van der Waals surface area contributed by atoms with Gasteiger partial charge < -0.3 is 9.84 Å². The van der Waals surface area contributed by atoms with Crippen LogP contribution in [0, 0.1) is 5.92 Å². The molecule has 1 unspecified atom stereocenters. The van der Waals surface area contributed by atoms with E-state index in [-0.39, 0.29) is 5.60 Å². The van der Waals surface area contributed by atoms with Gasteiger partial charge in [0.05, 0.1) is 5.60 Å². The lowest BCUT2D eigenvalue weighted by molar-refractivity contribution is -0.209. The van der Waals surface area contributed by atoms with Crippen LogP contribution in [0.15, 0.2) is 0 Å². The monoisotopic (exact) mass is 214 g/mol. The summed E-state index contributed by atoms with van der Waals surface area (Å²) in [5, 5.41) is 9.69. The fraction of sp³-hybridized carbons (Fsp3) is 1.00. The van der Waals surface area contributed by atoms with Crippen molar-refractivity contribution in [3.63, 3.8) is 0 Å². The Morgan fingerprint density at radius 2 is 1.73 bits per heavy atom. The van der Waals surface area contributed by atoms with Crippen LogP contribution in [0.4, 0.5) is 0 Å². The lowest BCUT2D eigenvalue weighted by Crippen LogP contribution is -2.41. The van der Waals surface area contributed by atoms with Crippen LogP contribution >= 0.6 is 0 Å². The molecule has 0 bridgehead atoms. The molecular weight excluding hydrogens is 188 g/mol. The minimum absolute atomic E-state index is 0.0636. The van der Waals surface area contributed by atoms with Crippen molar-refractivity contribution in [3.05, 3.63) is 0 Å². The Labute approximate surface area is 94.0 Å². The first-order valence-corrected chi connectivity index (χ1v) is 6.54. The highest BCUT2D eigenvalue weighted by atomic mass is 16.6. The number of aliphatic hydroxyl groups is 1. The highest BCUT2D eigenvalue weighted by molar-refractivity contribution is 4.89. The smallest absolute Gasteiger partial charge is 0.155 e. The molecule has 0 amide bonds. The van der Waals surface area contributed by atoms with Gasteiger partial charge in [-0.2, -0.15) is 0 Å². The summed E-state index contributed by atoms with van der Waals surface area (Å²) in [5.41, 5.74) is -0.0636. The van der Waals surface area contributed by atoms with E-state index in [1.165, 1.54) is 25.7 Å². The summed E-state index contributed by atoms with van der Waals surface area (Å²) in [4.78, 5) is 0. The largest absolute Gasteiger partial charge is 0.368 e. The van der Waals surface area contributed by atoms with Gasteiger partial charge in [0.25, 0.3) is 0 Å². The molecule has 2 heteroatoms. The number of ether oxygens (including phenoxy) is 1. The minimum atomic E-state index is -0.578. The molecule has 90 valence electrons. The van der Waals surface area contributed by atoms with Crippen molar-refractivity contribution >= 4 is 0 Å². The molecule has 1 aliphatic carbocycles. The van der Waals surface area contributed by atoms with E-state index in [9.17, 15) is 5.11 Å². The zero-order valence-electron chi connectivity index (χ0n) is 10.5. The van der Waals surface area contributed by atoms with Crippen LogP contribution in [0.1, 0.15) is 65.7 Å². The van der Waals surface area contributed by atoms with Crippen molar-refractivity contribution in [3.8, 4) is 0 Å². The van der Waals surface area contributed by atoms with Crippen LogP contribution in [-0.4, -0.2) is 17.0 Å². The summed E-state index contributed by atoms with van der Waals surface area (Å²) in [6.07, 6.45) is 7.36. The van der Waals surface area contributed by atoms with Gasteiger partial charge in [-0.05, 0) is 38.0 Å². The van der Waals surface area contributed by atoms with Crippen molar-refractivity contribution in [2.45, 2.75) is 77.6 Å². The molecule has 0 radical (unpaired) electrons. The third-order valence-electron chi connectivity index (χ3n) is 4.02. The molecule has 1 aliphatic rings. The average Bonchev–Trinajstić information content (AvgIpc) is 2.79. The van der Waals surface area contributed by atoms with Crippen LogP contribution in [0.2, 0.25) is 0 Å². The highest BCUT2D eigenvalue weighted by Gasteiger charge is 2.39. The van der Waals surface area contributed by atoms with Gasteiger partial charge in [0, 0.05) is 0 Å². The summed E-state index contributed by atoms with van der Waals surface area (Å²) >= 11 is 0. The predicted molar refractivity (Wildman–Crippen MR) is 62.7 cm³/mol. The first-order valence-electron chi connectivity index (χ1n) is 6.54. The van der Waals surface area contributed by atoms with Gasteiger partial charge in [0.1, 0.15) is 0 Å². The summed E-state index contributed by atoms with van der Waals surface area (Å²) in [5.74, 6) is 0.661. The Balaban J connectivity index is 2.66. The maximum absolute atomic E-state index is 9.69. The number of hydrogen-bond acceptors (Lipinski definition) is 2. The van der Waals surface area contributed by atoms with E-state index in [4.69, 9.17) is 4.74 Å². The third kappa shape index (κ3) is 2.94. The maximum atomic E-state index is 9.69. The fourth-order valence-corrected chi connectivity index (χ4v) is 2.90.